The van der Waals surface area contributed by atoms with E-state index in [1.165, 1.54) is 6.07 Å². The number of hydrogen-bond donors (Lipinski definition) is 0. The monoisotopic (exact) mass is 388 g/mol. The van der Waals surface area contributed by atoms with Crippen LogP contribution in [-0.4, -0.2) is 49.0 Å². The topological polar surface area (TPSA) is 89.9 Å². The van der Waals surface area contributed by atoms with Crippen LogP contribution in [-0.2, 0) is 0 Å². The largest absolute Gasteiger partial charge is 0.336 e. The van der Waals surface area contributed by atoms with E-state index in [0.717, 1.165) is 12.1 Å². The molecule has 1 fully saturated rings. The maximum absolute atomic E-state index is 13.4. The minimum absolute atomic E-state index is 0.0806. The van der Waals surface area contributed by atoms with Crippen molar-refractivity contribution >= 4 is 5.91 Å². The van der Waals surface area contributed by atoms with Gasteiger partial charge in [-0.3, -0.25) is 4.79 Å². The smallest absolute Gasteiger partial charge is 0.280 e. The fourth-order valence-electron chi connectivity index (χ4n) is 3.08. The SMILES string of the molecule is CC(C)c1noc(-c2cn([C@H]3CCN(C(=O)c4ccc(F)c(F)c4)C3)nn2)n1. The number of nitrogens with zero attached hydrogens (tertiary/aromatic N) is 6. The molecule has 0 spiro atoms. The molecule has 0 radical (unpaired) electrons. The zero-order chi connectivity index (χ0) is 19.8. The highest BCUT2D eigenvalue weighted by Crippen LogP contribution is 2.25. The summed E-state index contributed by atoms with van der Waals surface area (Å²) in [4.78, 5) is 18.4. The molecule has 0 aliphatic carbocycles. The number of likely N-dealkylation sites (tertiary alicyclic amines) is 1. The van der Waals surface area contributed by atoms with Crippen molar-refractivity contribution in [3.8, 4) is 11.6 Å². The van der Waals surface area contributed by atoms with Gasteiger partial charge in [-0.05, 0) is 24.6 Å². The van der Waals surface area contributed by atoms with Gasteiger partial charge in [-0.15, -0.1) is 5.10 Å². The molecule has 1 atom stereocenters. The standard InChI is InChI=1S/C18H18F2N6O2/c1-10(2)16-21-17(28-23-16)15-9-26(24-22-15)12-5-6-25(8-12)18(27)11-3-4-13(19)14(20)7-11/h3-4,7,9-10,12H,5-6,8H2,1-2H3/t12-/m0/s1. The predicted octanol–water partition coefficient (Wildman–Crippen LogP) is 2.82. The third-order valence-corrected chi connectivity index (χ3v) is 4.68. The Kier molecular flexibility index (Phi) is 4.62. The molecule has 4 rings (SSSR count). The van der Waals surface area contributed by atoms with Crippen molar-refractivity contribution in [3.05, 3.63) is 47.4 Å². The van der Waals surface area contributed by atoms with Crippen molar-refractivity contribution in [1.82, 2.24) is 30.0 Å². The van der Waals surface area contributed by atoms with Crippen molar-refractivity contribution < 1.29 is 18.1 Å². The average Bonchev–Trinajstić information content (AvgIpc) is 3.42. The molecule has 8 nitrogen and oxygen atoms in total. The Morgan fingerprint density at radius 2 is 2.11 bits per heavy atom. The van der Waals surface area contributed by atoms with E-state index in [2.05, 4.69) is 20.5 Å². The average molecular weight is 388 g/mol. The number of amides is 1. The van der Waals surface area contributed by atoms with Crippen LogP contribution in [0, 0.1) is 11.6 Å². The minimum Gasteiger partial charge on any atom is -0.336 e. The molecule has 1 aliphatic rings. The van der Waals surface area contributed by atoms with Gasteiger partial charge in [0, 0.05) is 24.6 Å². The van der Waals surface area contributed by atoms with Crippen LogP contribution in [0.1, 0.15) is 48.4 Å². The maximum Gasteiger partial charge on any atom is 0.280 e. The number of aromatic nitrogens is 5. The number of carbonyl (C=O) groups excluding carboxylic acids is 1. The molecular formula is C18H18F2N6O2. The number of carbonyl (C=O) groups is 1. The molecule has 1 saturated heterocycles. The van der Waals surface area contributed by atoms with Gasteiger partial charge in [0.05, 0.1) is 12.2 Å². The van der Waals surface area contributed by atoms with Gasteiger partial charge in [-0.1, -0.05) is 24.2 Å². The van der Waals surface area contributed by atoms with Crippen LogP contribution in [0.4, 0.5) is 8.78 Å². The summed E-state index contributed by atoms with van der Waals surface area (Å²) in [5.74, 6) is -1.34. The molecule has 2 aromatic heterocycles. The second-order valence-electron chi connectivity index (χ2n) is 7.02. The first-order chi connectivity index (χ1) is 13.4. The first-order valence-electron chi connectivity index (χ1n) is 8.92. The molecule has 10 heteroatoms. The number of rotatable bonds is 4. The van der Waals surface area contributed by atoms with Crippen molar-refractivity contribution in [2.45, 2.75) is 32.2 Å². The lowest BCUT2D eigenvalue weighted by Crippen LogP contribution is -2.29. The second-order valence-corrected chi connectivity index (χ2v) is 7.02. The molecule has 28 heavy (non-hydrogen) atoms. The van der Waals surface area contributed by atoms with Gasteiger partial charge in [0.2, 0.25) is 0 Å². The van der Waals surface area contributed by atoms with E-state index in [4.69, 9.17) is 4.52 Å². The maximum atomic E-state index is 13.4. The van der Waals surface area contributed by atoms with Gasteiger partial charge in [0.15, 0.2) is 23.2 Å². The van der Waals surface area contributed by atoms with Crippen molar-refractivity contribution in [2.75, 3.05) is 13.1 Å². The molecule has 146 valence electrons. The van der Waals surface area contributed by atoms with E-state index in [0.29, 0.717) is 36.9 Å². The van der Waals surface area contributed by atoms with Crippen molar-refractivity contribution in [3.63, 3.8) is 0 Å². The van der Waals surface area contributed by atoms with Gasteiger partial charge < -0.3 is 9.42 Å². The summed E-state index contributed by atoms with van der Waals surface area (Å²) in [6.07, 6.45) is 2.37. The molecule has 1 aliphatic heterocycles. The Balaban J connectivity index is 1.46. The lowest BCUT2D eigenvalue weighted by molar-refractivity contribution is 0.0786. The first-order valence-corrected chi connectivity index (χ1v) is 8.92. The zero-order valence-electron chi connectivity index (χ0n) is 15.3. The Bertz CT molecular complexity index is 1020. The van der Waals surface area contributed by atoms with Gasteiger partial charge in [-0.25, -0.2) is 13.5 Å². The van der Waals surface area contributed by atoms with E-state index in [-0.39, 0.29) is 23.4 Å². The van der Waals surface area contributed by atoms with Crippen LogP contribution in [0.5, 0.6) is 0 Å². The molecule has 3 aromatic rings. The molecule has 0 unspecified atom stereocenters. The van der Waals surface area contributed by atoms with Gasteiger partial charge in [0.1, 0.15) is 0 Å². The Hall–Kier alpha value is -3.17. The van der Waals surface area contributed by atoms with Gasteiger partial charge >= 0.3 is 0 Å². The fraction of sp³-hybridized carbons (Fsp3) is 0.389. The minimum atomic E-state index is -1.04. The van der Waals surface area contributed by atoms with Crippen LogP contribution in [0.3, 0.4) is 0 Å². The number of hydrogen-bond acceptors (Lipinski definition) is 6. The highest BCUT2D eigenvalue weighted by Gasteiger charge is 2.29. The molecule has 1 aromatic carbocycles. The van der Waals surface area contributed by atoms with Crippen LogP contribution in [0.15, 0.2) is 28.9 Å². The van der Waals surface area contributed by atoms with Crippen LogP contribution >= 0.6 is 0 Å². The molecule has 0 saturated carbocycles. The number of halogens is 2. The molecule has 0 N–H and O–H groups in total. The summed E-state index contributed by atoms with van der Waals surface area (Å²) in [7, 11) is 0. The van der Waals surface area contributed by atoms with Gasteiger partial charge in [0.25, 0.3) is 11.8 Å². The summed E-state index contributed by atoms with van der Waals surface area (Å²) in [6.45, 7) is 4.79. The van der Waals surface area contributed by atoms with Crippen molar-refractivity contribution in [1.29, 1.82) is 0 Å². The Morgan fingerprint density at radius 3 is 2.82 bits per heavy atom. The van der Waals surface area contributed by atoms with E-state index in [1.54, 1.807) is 15.8 Å². The second kappa shape index (κ2) is 7.10. The lowest BCUT2D eigenvalue weighted by atomic mass is 10.2. The third-order valence-electron chi connectivity index (χ3n) is 4.68. The van der Waals surface area contributed by atoms with Crippen LogP contribution in [0.25, 0.3) is 11.6 Å². The van der Waals surface area contributed by atoms with Gasteiger partial charge in [-0.2, -0.15) is 4.98 Å². The molecule has 3 heterocycles. The zero-order valence-corrected chi connectivity index (χ0v) is 15.3. The molecular weight excluding hydrogens is 370 g/mol. The summed E-state index contributed by atoms with van der Waals surface area (Å²) >= 11 is 0. The van der Waals surface area contributed by atoms with E-state index >= 15 is 0 Å². The highest BCUT2D eigenvalue weighted by molar-refractivity contribution is 5.94. The van der Waals surface area contributed by atoms with E-state index in [1.807, 2.05) is 13.8 Å². The van der Waals surface area contributed by atoms with Crippen molar-refractivity contribution in [2.24, 2.45) is 0 Å². The first kappa shape index (κ1) is 18.2. The Labute approximate surface area is 159 Å². The fourth-order valence-corrected chi connectivity index (χ4v) is 3.08. The normalized spacial score (nSPS) is 16.9. The lowest BCUT2D eigenvalue weighted by Gasteiger charge is -2.16. The summed E-state index contributed by atoms with van der Waals surface area (Å²) in [6, 6.07) is 3.07. The van der Waals surface area contributed by atoms with Crippen LogP contribution in [0.2, 0.25) is 0 Å². The summed E-state index contributed by atoms with van der Waals surface area (Å²) in [5, 5.41) is 12.1. The quantitative estimate of drug-likeness (QED) is 0.683. The Morgan fingerprint density at radius 1 is 1.29 bits per heavy atom. The molecule has 1 amide bonds. The highest BCUT2D eigenvalue weighted by atomic mass is 19.2. The summed E-state index contributed by atoms with van der Waals surface area (Å²) < 4.78 is 33.3. The van der Waals surface area contributed by atoms with E-state index < -0.39 is 11.6 Å². The molecule has 0 bridgehead atoms. The summed E-state index contributed by atoms with van der Waals surface area (Å²) in [5.41, 5.74) is 0.579. The predicted molar refractivity (Wildman–Crippen MR) is 93.3 cm³/mol. The van der Waals surface area contributed by atoms with E-state index in [9.17, 15) is 13.6 Å². The van der Waals surface area contributed by atoms with Crippen LogP contribution < -0.4 is 0 Å². The number of benzene rings is 1. The third kappa shape index (κ3) is 3.37.